The Balaban J connectivity index is 1.87. The molecule has 0 aromatic carbocycles. The first-order valence-corrected chi connectivity index (χ1v) is 5.99. The first-order valence-electron chi connectivity index (χ1n) is 5.11. The van der Waals surface area contributed by atoms with Gasteiger partial charge in [-0.25, -0.2) is 0 Å². The van der Waals surface area contributed by atoms with Crippen LogP contribution < -0.4 is 10.6 Å². The predicted molar refractivity (Wildman–Crippen MR) is 59.6 cm³/mol. The van der Waals surface area contributed by atoms with Gasteiger partial charge in [0.05, 0.1) is 17.6 Å². The highest BCUT2D eigenvalue weighted by molar-refractivity contribution is 7.09. The van der Waals surface area contributed by atoms with Crippen LogP contribution in [0.4, 0.5) is 0 Å². The Labute approximate surface area is 93.1 Å². The standard InChI is InChI=1S/C10H15N3OS/c1-10(3-2-4-13-10)9(14)12-6-8-5-11-7-15-8/h5,7,13H,2-4,6H2,1H3,(H,12,14). The van der Waals surface area contributed by atoms with Crippen molar-refractivity contribution in [1.82, 2.24) is 15.6 Å². The molecular weight excluding hydrogens is 210 g/mol. The quantitative estimate of drug-likeness (QED) is 0.803. The Morgan fingerprint density at radius 1 is 1.80 bits per heavy atom. The zero-order valence-corrected chi connectivity index (χ0v) is 9.56. The number of carbonyl (C=O) groups excluding carboxylic acids is 1. The normalized spacial score (nSPS) is 25.4. The number of hydrogen-bond acceptors (Lipinski definition) is 4. The number of aromatic nitrogens is 1. The summed E-state index contributed by atoms with van der Waals surface area (Å²) >= 11 is 1.56. The Kier molecular flexibility index (Phi) is 3.02. The van der Waals surface area contributed by atoms with Crippen molar-refractivity contribution in [2.75, 3.05) is 6.54 Å². The van der Waals surface area contributed by atoms with Crippen molar-refractivity contribution < 1.29 is 4.79 Å². The Morgan fingerprint density at radius 3 is 3.27 bits per heavy atom. The van der Waals surface area contributed by atoms with E-state index in [4.69, 9.17) is 0 Å². The fourth-order valence-corrected chi connectivity index (χ4v) is 2.31. The number of carbonyl (C=O) groups is 1. The minimum absolute atomic E-state index is 0.0911. The molecule has 1 amide bonds. The van der Waals surface area contributed by atoms with Gasteiger partial charge in [-0.1, -0.05) is 0 Å². The van der Waals surface area contributed by atoms with E-state index in [1.165, 1.54) is 0 Å². The maximum atomic E-state index is 11.9. The number of hydrogen-bond donors (Lipinski definition) is 2. The molecule has 5 heteroatoms. The van der Waals surface area contributed by atoms with Crippen LogP contribution in [0, 0.1) is 0 Å². The van der Waals surface area contributed by atoms with Gasteiger partial charge in [-0.3, -0.25) is 9.78 Å². The molecule has 2 N–H and O–H groups in total. The van der Waals surface area contributed by atoms with Crippen LogP contribution in [0.3, 0.4) is 0 Å². The minimum atomic E-state index is -0.370. The second-order valence-corrected chi connectivity index (χ2v) is 4.98. The van der Waals surface area contributed by atoms with Gasteiger partial charge in [-0.2, -0.15) is 0 Å². The summed E-state index contributed by atoms with van der Waals surface area (Å²) in [4.78, 5) is 16.9. The maximum absolute atomic E-state index is 11.9. The van der Waals surface area contributed by atoms with Crippen molar-refractivity contribution in [3.05, 3.63) is 16.6 Å². The molecule has 0 spiro atoms. The lowest BCUT2D eigenvalue weighted by atomic mass is 9.99. The second-order valence-electron chi connectivity index (χ2n) is 4.01. The summed E-state index contributed by atoms with van der Waals surface area (Å²) in [5, 5.41) is 6.18. The van der Waals surface area contributed by atoms with Gasteiger partial charge < -0.3 is 10.6 Å². The van der Waals surface area contributed by atoms with Crippen LogP contribution in [0.1, 0.15) is 24.6 Å². The minimum Gasteiger partial charge on any atom is -0.350 e. The summed E-state index contributed by atoms with van der Waals surface area (Å²) in [6.07, 6.45) is 3.78. The van der Waals surface area contributed by atoms with Crippen LogP contribution in [-0.4, -0.2) is 23.0 Å². The van der Waals surface area contributed by atoms with E-state index in [0.717, 1.165) is 24.3 Å². The van der Waals surface area contributed by atoms with E-state index >= 15 is 0 Å². The van der Waals surface area contributed by atoms with Crippen LogP contribution >= 0.6 is 11.3 Å². The zero-order valence-electron chi connectivity index (χ0n) is 8.75. The molecule has 1 aromatic heterocycles. The van der Waals surface area contributed by atoms with Crippen LogP contribution in [-0.2, 0) is 11.3 Å². The molecule has 0 bridgehead atoms. The molecule has 4 nitrogen and oxygen atoms in total. The average molecular weight is 225 g/mol. The smallest absolute Gasteiger partial charge is 0.240 e. The topological polar surface area (TPSA) is 54.0 Å². The van der Waals surface area contributed by atoms with E-state index in [9.17, 15) is 4.79 Å². The fourth-order valence-electron chi connectivity index (χ4n) is 1.78. The largest absolute Gasteiger partial charge is 0.350 e. The summed E-state index contributed by atoms with van der Waals surface area (Å²) in [6.45, 7) is 3.48. The van der Waals surface area contributed by atoms with Crippen LogP contribution in [0.15, 0.2) is 11.7 Å². The maximum Gasteiger partial charge on any atom is 0.240 e. The van der Waals surface area contributed by atoms with Crippen LogP contribution in [0.25, 0.3) is 0 Å². The first kappa shape index (κ1) is 10.6. The predicted octanol–water partition coefficient (Wildman–Crippen LogP) is 0.901. The first-order chi connectivity index (χ1) is 7.21. The number of nitrogens with zero attached hydrogens (tertiary/aromatic N) is 1. The van der Waals surface area contributed by atoms with Crippen LogP contribution in [0.2, 0.25) is 0 Å². The summed E-state index contributed by atoms with van der Waals surface area (Å²) < 4.78 is 0. The highest BCUT2D eigenvalue weighted by Gasteiger charge is 2.35. The number of rotatable bonds is 3. The highest BCUT2D eigenvalue weighted by Crippen LogP contribution is 2.18. The molecule has 1 fully saturated rings. The number of amides is 1. The number of thiazole rings is 1. The molecule has 2 rings (SSSR count). The van der Waals surface area contributed by atoms with E-state index < -0.39 is 0 Å². The summed E-state index contributed by atoms with van der Waals surface area (Å²) in [7, 11) is 0. The average Bonchev–Trinajstić information content (AvgIpc) is 2.85. The van der Waals surface area contributed by atoms with Crippen molar-refractivity contribution >= 4 is 17.2 Å². The van der Waals surface area contributed by atoms with Gasteiger partial charge in [0.15, 0.2) is 0 Å². The van der Waals surface area contributed by atoms with Crippen molar-refractivity contribution in [3.63, 3.8) is 0 Å². The lowest BCUT2D eigenvalue weighted by Gasteiger charge is -2.22. The Hall–Kier alpha value is -0.940. The molecule has 1 aliphatic rings. The van der Waals surface area contributed by atoms with E-state index in [-0.39, 0.29) is 11.4 Å². The lowest BCUT2D eigenvalue weighted by Crippen LogP contribution is -2.50. The lowest BCUT2D eigenvalue weighted by molar-refractivity contribution is -0.126. The molecule has 2 heterocycles. The van der Waals surface area contributed by atoms with E-state index in [1.807, 2.05) is 6.92 Å². The van der Waals surface area contributed by atoms with Gasteiger partial charge in [0, 0.05) is 11.1 Å². The number of nitrogens with one attached hydrogen (secondary N) is 2. The van der Waals surface area contributed by atoms with Gasteiger partial charge in [0.2, 0.25) is 5.91 Å². The third kappa shape index (κ3) is 2.35. The van der Waals surface area contributed by atoms with Gasteiger partial charge in [0.25, 0.3) is 0 Å². The molecule has 15 heavy (non-hydrogen) atoms. The molecular formula is C10H15N3OS. The van der Waals surface area contributed by atoms with E-state index in [1.54, 1.807) is 23.0 Å². The molecule has 1 atom stereocenters. The molecule has 1 aliphatic heterocycles. The van der Waals surface area contributed by atoms with E-state index in [0.29, 0.717) is 6.54 Å². The molecule has 1 unspecified atom stereocenters. The summed E-state index contributed by atoms with van der Waals surface area (Å²) in [5.41, 5.74) is 1.40. The van der Waals surface area contributed by atoms with Gasteiger partial charge >= 0.3 is 0 Å². The summed E-state index contributed by atoms with van der Waals surface area (Å²) in [6, 6.07) is 0. The highest BCUT2D eigenvalue weighted by atomic mass is 32.1. The fraction of sp³-hybridized carbons (Fsp3) is 0.600. The van der Waals surface area contributed by atoms with Gasteiger partial charge in [-0.15, -0.1) is 11.3 Å². The second kappa shape index (κ2) is 4.28. The third-order valence-corrected chi connectivity index (χ3v) is 3.56. The van der Waals surface area contributed by atoms with Gasteiger partial charge in [0.1, 0.15) is 0 Å². The third-order valence-electron chi connectivity index (χ3n) is 2.78. The SMILES string of the molecule is CC1(C(=O)NCc2cncs2)CCCN1. The zero-order chi connectivity index (χ0) is 10.7. The monoisotopic (exact) mass is 225 g/mol. The Morgan fingerprint density at radius 2 is 2.67 bits per heavy atom. The molecule has 1 aromatic rings. The summed E-state index contributed by atoms with van der Waals surface area (Å²) in [5.74, 6) is 0.0911. The van der Waals surface area contributed by atoms with Gasteiger partial charge in [-0.05, 0) is 26.3 Å². The Bertz CT molecular complexity index is 330. The molecule has 0 radical (unpaired) electrons. The van der Waals surface area contributed by atoms with Crippen LogP contribution in [0.5, 0.6) is 0 Å². The molecule has 82 valence electrons. The molecule has 0 aliphatic carbocycles. The van der Waals surface area contributed by atoms with Crippen molar-refractivity contribution in [2.45, 2.75) is 31.8 Å². The molecule has 0 saturated carbocycles. The van der Waals surface area contributed by atoms with Crippen molar-refractivity contribution in [2.24, 2.45) is 0 Å². The van der Waals surface area contributed by atoms with Crippen molar-refractivity contribution in [1.29, 1.82) is 0 Å². The van der Waals surface area contributed by atoms with Crippen molar-refractivity contribution in [3.8, 4) is 0 Å². The van der Waals surface area contributed by atoms with E-state index in [2.05, 4.69) is 15.6 Å². The molecule has 1 saturated heterocycles.